The average molecular weight is 314 g/mol. The van der Waals surface area contributed by atoms with Crippen LogP contribution >= 0.6 is 11.8 Å². The molecule has 1 fully saturated rings. The van der Waals surface area contributed by atoms with Crippen molar-refractivity contribution in [3.8, 4) is 0 Å². The van der Waals surface area contributed by atoms with Gasteiger partial charge in [-0.25, -0.2) is 13.1 Å². The fraction of sp³-hybridized carbons (Fsp3) is 0.571. The van der Waals surface area contributed by atoms with Crippen LogP contribution in [0.2, 0.25) is 0 Å². The second-order valence-corrected chi connectivity index (χ2v) is 8.03. The molecule has 20 heavy (non-hydrogen) atoms. The van der Waals surface area contributed by atoms with Gasteiger partial charge in [0.15, 0.2) is 0 Å². The minimum Gasteiger partial charge on any atom is -0.326 e. The molecule has 3 N–H and O–H groups in total. The van der Waals surface area contributed by atoms with Crippen molar-refractivity contribution in [2.24, 2.45) is 5.73 Å². The molecule has 0 unspecified atom stereocenters. The van der Waals surface area contributed by atoms with Crippen LogP contribution in [0.3, 0.4) is 0 Å². The van der Waals surface area contributed by atoms with Gasteiger partial charge in [-0.1, -0.05) is 12.1 Å². The molecule has 0 aliphatic heterocycles. The van der Waals surface area contributed by atoms with Gasteiger partial charge in [0, 0.05) is 17.8 Å². The van der Waals surface area contributed by atoms with E-state index >= 15 is 0 Å². The SMILES string of the molecule is CSC1CCC(NS(=O)(=O)c2cccc(CN)c2)CC1. The highest BCUT2D eigenvalue weighted by atomic mass is 32.2. The highest BCUT2D eigenvalue weighted by molar-refractivity contribution is 7.99. The Kier molecular flexibility index (Phi) is 5.49. The quantitative estimate of drug-likeness (QED) is 0.873. The maximum atomic E-state index is 12.4. The van der Waals surface area contributed by atoms with Crippen molar-refractivity contribution in [1.29, 1.82) is 0 Å². The number of sulfonamides is 1. The Morgan fingerprint density at radius 3 is 2.60 bits per heavy atom. The van der Waals surface area contributed by atoms with Gasteiger partial charge in [-0.05, 0) is 49.6 Å². The second-order valence-electron chi connectivity index (χ2n) is 5.18. The van der Waals surface area contributed by atoms with Crippen molar-refractivity contribution in [3.05, 3.63) is 29.8 Å². The van der Waals surface area contributed by atoms with Crippen LogP contribution < -0.4 is 10.5 Å². The lowest BCUT2D eigenvalue weighted by atomic mass is 9.96. The Balaban J connectivity index is 2.04. The fourth-order valence-electron chi connectivity index (χ4n) is 2.54. The number of nitrogens with two attached hydrogens (primary N) is 1. The van der Waals surface area contributed by atoms with E-state index in [1.54, 1.807) is 18.2 Å². The summed E-state index contributed by atoms with van der Waals surface area (Å²) in [6.45, 7) is 0.349. The molecule has 0 atom stereocenters. The summed E-state index contributed by atoms with van der Waals surface area (Å²) in [6.07, 6.45) is 6.12. The van der Waals surface area contributed by atoms with Crippen molar-refractivity contribution in [2.45, 2.75) is 48.4 Å². The van der Waals surface area contributed by atoms with Gasteiger partial charge in [0.25, 0.3) is 0 Å². The molecule has 0 amide bonds. The molecule has 0 radical (unpaired) electrons. The zero-order valence-electron chi connectivity index (χ0n) is 11.7. The third kappa shape index (κ3) is 3.97. The normalized spacial score (nSPS) is 23.7. The van der Waals surface area contributed by atoms with E-state index in [-0.39, 0.29) is 6.04 Å². The Morgan fingerprint density at radius 1 is 1.30 bits per heavy atom. The maximum absolute atomic E-state index is 12.4. The number of rotatable bonds is 5. The number of benzene rings is 1. The smallest absolute Gasteiger partial charge is 0.240 e. The first-order valence-electron chi connectivity index (χ1n) is 6.89. The maximum Gasteiger partial charge on any atom is 0.240 e. The molecule has 1 aliphatic rings. The number of thioether (sulfide) groups is 1. The summed E-state index contributed by atoms with van der Waals surface area (Å²) in [6, 6.07) is 6.90. The summed E-state index contributed by atoms with van der Waals surface area (Å²) in [5.41, 5.74) is 6.39. The number of hydrogen-bond donors (Lipinski definition) is 2. The molecule has 1 saturated carbocycles. The van der Waals surface area contributed by atoms with Gasteiger partial charge < -0.3 is 5.73 Å². The first-order chi connectivity index (χ1) is 9.55. The molecular weight excluding hydrogens is 292 g/mol. The van der Waals surface area contributed by atoms with E-state index in [0.717, 1.165) is 31.2 Å². The van der Waals surface area contributed by atoms with Gasteiger partial charge in [0.05, 0.1) is 4.90 Å². The molecule has 2 rings (SSSR count). The Hall–Kier alpha value is -0.560. The molecule has 6 heteroatoms. The lowest BCUT2D eigenvalue weighted by molar-refractivity contribution is 0.420. The minimum atomic E-state index is -3.43. The van der Waals surface area contributed by atoms with Crippen LogP contribution in [0.5, 0.6) is 0 Å². The Morgan fingerprint density at radius 2 is 2.00 bits per heavy atom. The van der Waals surface area contributed by atoms with E-state index in [2.05, 4.69) is 11.0 Å². The zero-order valence-corrected chi connectivity index (χ0v) is 13.3. The van der Waals surface area contributed by atoms with E-state index in [1.165, 1.54) is 0 Å². The van der Waals surface area contributed by atoms with Crippen molar-refractivity contribution >= 4 is 21.8 Å². The highest BCUT2D eigenvalue weighted by Crippen LogP contribution is 2.27. The lowest BCUT2D eigenvalue weighted by Gasteiger charge is -2.27. The van der Waals surface area contributed by atoms with Gasteiger partial charge in [0.2, 0.25) is 10.0 Å². The fourth-order valence-corrected chi connectivity index (χ4v) is 4.66. The molecule has 0 heterocycles. The van der Waals surface area contributed by atoms with E-state index in [4.69, 9.17) is 5.73 Å². The number of hydrogen-bond acceptors (Lipinski definition) is 4. The van der Waals surface area contributed by atoms with E-state index in [0.29, 0.717) is 16.7 Å². The summed E-state index contributed by atoms with van der Waals surface area (Å²) >= 11 is 1.88. The molecule has 0 saturated heterocycles. The van der Waals surface area contributed by atoms with Crippen LogP contribution in [-0.4, -0.2) is 26.0 Å². The molecular formula is C14H22N2O2S2. The number of nitrogens with one attached hydrogen (secondary N) is 1. The zero-order chi connectivity index (χ0) is 14.6. The Labute approximate surface area is 125 Å². The van der Waals surface area contributed by atoms with Crippen LogP contribution in [0.25, 0.3) is 0 Å². The topological polar surface area (TPSA) is 72.2 Å². The summed E-state index contributed by atoms with van der Waals surface area (Å²) in [5, 5.41) is 0.677. The third-order valence-electron chi connectivity index (χ3n) is 3.77. The van der Waals surface area contributed by atoms with Crippen LogP contribution in [0.4, 0.5) is 0 Å². The van der Waals surface area contributed by atoms with E-state index in [1.807, 2.05) is 17.8 Å². The summed E-state index contributed by atoms with van der Waals surface area (Å²) < 4.78 is 27.6. The molecule has 0 aromatic heterocycles. The van der Waals surface area contributed by atoms with Crippen LogP contribution in [0.15, 0.2) is 29.2 Å². The van der Waals surface area contributed by atoms with E-state index in [9.17, 15) is 8.42 Å². The third-order valence-corrected chi connectivity index (χ3v) is 6.43. The summed E-state index contributed by atoms with van der Waals surface area (Å²) in [7, 11) is -3.43. The lowest BCUT2D eigenvalue weighted by Crippen LogP contribution is -2.38. The molecule has 112 valence electrons. The van der Waals surface area contributed by atoms with Gasteiger partial charge in [-0.2, -0.15) is 11.8 Å². The van der Waals surface area contributed by atoms with E-state index < -0.39 is 10.0 Å². The molecule has 1 aromatic rings. The first-order valence-corrected chi connectivity index (χ1v) is 9.66. The molecule has 0 spiro atoms. The summed E-state index contributed by atoms with van der Waals surface area (Å²) in [5.74, 6) is 0. The van der Waals surface area contributed by atoms with Crippen molar-refractivity contribution in [3.63, 3.8) is 0 Å². The average Bonchev–Trinajstić information content (AvgIpc) is 2.48. The molecule has 1 aromatic carbocycles. The largest absolute Gasteiger partial charge is 0.326 e. The van der Waals surface area contributed by atoms with Gasteiger partial charge in [0.1, 0.15) is 0 Å². The van der Waals surface area contributed by atoms with Crippen molar-refractivity contribution in [2.75, 3.05) is 6.26 Å². The molecule has 1 aliphatic carbocycles. The molecule has 4 nitrogen and oxygen atoms in total. The predicted molar refractivity (Wildman–Crippen MR) is 84.2 cm³/mol. The van der Waals surface area contributed by atoms with Crippen LogP contribution in [-0.2, 0) is 16.6 Å². The Bertz CT molecular complexity index is 538. The van der Waals surface area contributed by atoms with Crippen molar-refractivity contribution in [1.82, 2.24) is 4.72 Å². The van der Waals surface area contributed by atoms with Crippen molar-refractivity contribution < 1.29 is 8.42 Å². The van der Waals surface area contributed by atoms with Crippen LogP contribution in [0, 0.1) is 0 Å². The standard InChI is InChI=1S/C14H22N2O2S2/c1-19-13-7-5-12(6-8-13)16-20(17,18)14-4-2-3-11(9-14)10-15/h2-4,9,12-13,16H,5-8,10,15H2,1H3. The monoisotopic (exact) mass is 314 g/mol. The summed E-state index contributed by atoms with van der Waals surface area (Å²) in [4.78, 5) is 0.312. The predicted octanol–water partition coefficient (Wildman–Crippen LogP) is 2.10. The van der Waals surface area contributed by atoms with Crippen LogP contribution in [0.1, 0.15) is 31.2 Å². The van der Waals surface area contributed by atoms with Gasteiger partial charge in [-0.15, -0.1) is 0 Å². The van der Waals surface area contributed by atoms with Gasteiger partial charge in [-0.3, -0.25) is 0 Å². The second kappa shape index (κ2) is 6.93. The first kappa shape index (κ1) is 15.8. The van der Waals surface area contributed by atoms with Gasteiger partial charge >= 0.3 is 0 Å². The highest BCUT2D eigenvalue weighted by Gasteiger charge is 2.25. The minimum absolute atomic E-state index is 0.0601. The molecule has 0 bridgehead atoms.